The number of nitrogens with one attached hydrogen (secondary N) is 1. The van der Waals surface area contributed by atoms with Gasteiger partial charge in [-0.2, -0.15) is 13.2 Å². The number of nitrogens with zero attached hydrogens (tertiary/aromatic N) is 2. The lowest BCUT2D eigenvalue weighted by Gasteiger charge is -2.34. The molecule has 4 nitrogen and oxygen atoms in total. The van der Waals surface area contributed by atoms with E-state index in [1.54, 1.807) is 4.90 Å². The van der Waals surface area contributed by atoms with E-state index in [0.29, 0.717) is 26.1 Å². The van der Waals surface area contributed by atoms with Crippen LogP contribution in [0.4, 0.5) is 18.0 Å². The third-order valence-electron chi connectivity index (χ3n) is 4.08. The Morgan fingerprint density at radius 2 is 1.74 bits per heavy atom. The maximum Gasteiger partial charge on any atom is 0.416 e. The summed E-state index contributed by atoms with van der Waals surface area (Å²) in [6.45, 7) is 6.67. The highest BCUT2D eigenvalue weighted by Crippen LogP contribution is 2.29. The summed E-state index contributed by atoms with van der Waals surface area (Å²) in [5.74, 6) is 0. The summed E-state index contributed by atoms with van der Waals surface area (Å²) in [4.78, 5) is 16.1. The van der Waals surface area contributed by atoms with E-state index in [1.807, 2.05) is 0 Å². The molecule has 2 amide bonds. The average Bonchev–Trinajstić information content (AvgIpc) is 2.54. The molecule has 0 spiro atoms. The Morgan fingerprint density at radius 1 is 1.13 bits per heavy atom. The Balaban J connectivity index is 1.73. The zero-order valence-electron chi connectivity index (χ0n) is 13.2. The van der Waals surface area contributed by atoms with Gasteiger partial charge in [0.25, 0.3) is 0 Å². The van der Waals surface area contributed by atoms with Gasteiger partial charge in [-0.1, -0.05) is 19.1 Å². The molecule has 23 heavy (non-hydrogen) atoms. The van der Waals surface area contributed by atoms with Crippen LogP contribution in [-0.4, -0.2) is 55.1 Å². The Hall–Kier alpha value is -1.76. The van der Waals surface area contributed by atoms with Gasteiger partial charge in [0, 0.05) is 32.7 Å². The van der Waals surface area contributed by atoms with Gasteiger partial charge in [-0.15, -0.1) is 0 Å². The molecule has 7 heteroatoms. The lowest BCUT2D eigenvalue weighted by Crippen LogP contribution is -2.51. The number of hydrogen-bond donors (Lipinski definition) is 1. The molecular weight excluding hydrogens is 307 g/mol. The van der Waals surface area contributed by atoms with Gasteiger partial charge in [-0.25, -0.2) is 4.79 Å². The minimum atomic E-state index is -4.31. The molecule has 1 N–H and O–H groups in total. The minimum Gasteiger partial charge on any atom is -0.338 e. The lowest BCUT2D eigenvalue weighted by molar-refractivity contribution is -0.137. The van der Waals surface area contributed by atoms with Crippen molar-refractivity contribution >= 4 is 6.03 Å². The predicted molar refractivity (Wildman–Crippen MR) is 82.2 cm³/mol. The topological polar surface area (TPSA) is 35.6 Å². The SMILES string of the molecule is CCN1CCN(C(=O)NCCc2ccc(C(F)(F)F)cc2)CC1. The first kappa shape index (κ1) is 17.6. The number of benzene rings is 1. The lowest BCUT2D eigenvalue weighted by atomic mass is 10.1. The second-order valence-corrected chi connectivity index (χ2v) is 5.60. The summed E-state index contributed by atoms with van der Waals surface area (Å²) in [5.41, 5.74) is 0.119. The first-order valence-electron chi connectivity index (χ1n) is 7.81. The van der Waals surface area contributed by atoms with Gasteiger partial charge in [0.2, 0.25) is 0 Å². The highest BCUT2D eigenvalue weighted by Gasteiger charge is 2.29. The number of piperazine rings is 1. The van der Waals surface area contributed by atoms with Gasteiger partial charge in [-0.05, 0) is 30.7 Å². The molecule has 0 radical (unpaired) electrons. The van der Waals surface area contributed by atoms with Crippen LogP contribution in [0.3, 0.4) is 0 Å². The third kappa shape index (κ3) is 5.13. The van der Waals surface area contributed by atoms with Crippen molar-refractivity contribution in [3.8, 4) is 0 Å². The summed E-state index contributed by atoms with van der Waals surface area (Å²) in [6.07, 6.45) is -3.80. The molecule has 1 aliphatic rings. The van der Waals surface area contributed by atoms with Crippen molar-refractivity contribution in [1.29, 1.82) is 0 Å². The highest BCUT2D eigenvalue weighted by atomic mass is 19.4. The minimum absolute atomic E-state index is 0.104. The molecule has 1 fully saturated rings. The Kier molecular flexibility index (Phi) is 5.87. The first-order chi connectivity index (χ1) is 10.9. The largest absolute Gasteiger partial charge is 0.416 e. The van der Waals surface area contributed by atoms with Crippen LogP contribution in [0, 0.1) is 0 Å². The fourth-order valence-corrected chi connectivity index (χ4v) is 2.55. The van der Waals surface area contributed by atoms with E-state index in [-0.39, 0.29) is 6.03 Å². The van der Waals surface area contributed by atoms with Gasteiger partial charge in [0.1, 0.15) is 0 Å². The van der Waals surface area contributed by atoms with Crippen LogP contribution >= 0.6 is 0 Å². The number of carbonyl (C=O) groups is 1. The van der Waals surface area contributed by atoms with Gasteiger partial charge >= 0.3 is 12.2 Å². The van der Waals surface area contributed by atoms with Crippen LogP contribution in [-0.2, 0) is 12.6 Å². The number of alkyl halides is 3. The van der Waals surface area contributed by atoms with E-state index in [4.69, 9.17) is 0 Å². The van der Waals surface area contributed by atoms with Gasteiger partial charge < -0.3 is 15.1 Å². The smallest absolute Gasteiger partial charge is 0.338 e. The van der Waals surface area contributed by atoms with E-state index in [0.717, 1.165) is 37.3 Å². The molecule has 1 aromatic carbocycles. The monoisotopic (exact) mass is 329 g/mol. The van der Waals surface area contributed by atoms with Crippen molar-refractivity contribution in [2.24, 2.45) is 0 Å². The van der Waals surface area contributed by atoms with E-state index in [9.17, 15) is 18.0 Å². The molecule has 1 heterocycles. The van der Waals surface area contributed by atoms with E-state index >= 15 is 0 Å². The van der Waals surface area contributed by atoms with Crippen LogP contribution in [0.1, 0.15) is 18.1 Å². The Bertz CT molecular complexity index is 508. The maximum absolute atomic E-state index is 12.5. The molecule has 1 saturated heterocycles. The van der Waals surface area contributed by atoms with Crippen molar-refractivity contribution in [3.05, 3.63) is 35.4 Å². The van der Waals surface area contributed by atoms with Crippen LogP contribution in [0.5, 0.6) is 0 Å². The summed E-state index contributed by atoms with van der Waals surface area (Å²) >= 11 is 0. The number of likely N-dealkylation sites (N-methyl/N-ethyl adjacent to an activating group) is 1. The number of hydrogen-bond acceptors (Lipinski definition) is 2. The molecule has 0 aliphatic carbocycles. The second-order valence-electron chi connectivity index (χ2n) is 5.60. The number of rotatable bonds is 4. The molecule has 2 rings (SSSR count). The number of amides is 2. The number of urea groups is 1. The number of halogens is 3. The van der Waals surface area contributed by atoms with Crippen LogP contribution < -0.4 is 5.32 Å². The van der Waals surface area contributed by atoms with Gasteiger partial charge in [-0.3, -0.25) is 0 Å². The van der Waals surface area contributed by atoms with E-state index < -0.39 is 11.7 Å². The average molecular weight is 329 g/mol. The third-order valence-corrected chi connectivity index (χ3v) is 4.08. The van der Waals surface area contributed by atoms with E-state index in [1.165, 1.54) is 12.1 Å². The summed E-state index contributed by atoms with van der Waals surface area (Å²) in [6, 6.07) is 4.94. The van der Waals surface area contributed by atoms with Crippen LogP contribution in [0.2, 0.25) is 0 Å². The van der Waals surface area contributed by atoms with Gasteiger partial charge in [0.15, 0.2) is 0 Å². The molecule has 1 aliphatic heterocycles. The molecular formula is C16H22F3N3O. The quantitative estimate of drug-likeness (QED) is 0.922. The molecule has 0 saturated carbocycles. The second kappa shape index (κ2) is 7.68. The summed E-state index contributed by atoms with van der Waals surface area (Å²) in [5, 5.41) is 2.82. The fraction of sp³-hybridized carbons (Fsp3) is 0.562. The zero-order chi connectivity index (χ0) is 16.9. The van der Waals surface area contributed by atoms with Crippen molar-refractivity contribution in [3.63, 3.8) is 0 Å². The zero-order valence-corrected chi connectivity index (χ0v) is 13.2. The fourth-order valence-electron chi connectivity index (χ4n) is 2.55. The van der Waals surface area contributed by atoms with Crippen molar-refractivity contribution < 1.29 is 18.0 Å². The van der Waals surface area contributed by atoms with Crippen molar-refractivity contribution in [1.82, 2.24) is 15.1 Å². The molecule has 0 aromatic heterocycles. The van der Waals surface area contributed by atoms with Gasteiger partial charge in [0.05, 0.1) is 5.56 Å². The first-order valence-corrected chi connectivity index (χ1v) is 7.81. The number of carbonyl (C=O) groups excluding carboxylic acids is 1. The normalized spacial score (nSPS) is 16.4. The van der Waals surface area contributed by atoms with Crippen molar-refractivity contribution in [2.45, 2.75) is 19.5 Å². The van der Waals surface area contributed by atoms with Crippen LogP contribution in [0.15, 0.2) is 24.3 Å². The molecule has 128 valence electrons. The maximum atomic E-state index is 12.5. The molecule has 0 bridgehead atoms. The Labute approximate surface area is 134 Å². The van der Waals surface area contributed by atoms with E-state index in [2.05, 4.69) is 17.1 Å². The predicted octanol–water partition coefficient (Wildman–Crippen LogP) is 2.60. The summed E-state index contributed by atoms with van der Waals surface area (Å²) < 4.78 is 37.4. The molecule has 0 unspecified atom stereocenters. The molecule has 1 aromatic rings. The Morgan fingerprint density at radius 3 is 2.26 bits per heavy atom. The summed E-state index contributed by atoms with van der Waals surface area (Å²) in [7, 11) is 0. The van der Waals surface area contributed by atoms with Crippen molar-refractivity contribution in [2.75, 3.05) is 39.3 Å². The standard InChI is InChI=1S/C16H22F3N3O/c1-2-21-9-11-22(12-10-21)15(23)20-8-7-13-3-5-14(6-4-13)16(17,18)19/h3-6H,2,7-12H2,1H3,(H,20,23). The van der Waals surface area contributed by atoms with Crippen LogP contribution in [0.25, 0.3) is 0 Å². The molecule has 0 atom stereocenters. The highest BCUT2D eigenvalue weighted by molar-refractivity contribution is 5.74.